The summed E-state index contributed by atoms with van der Waals surface area (Å²) in [5, 5.41) is 0. The molecule has 1 heteroatoms. The molecule has 5 aliphatic carbocycles. The van der Waals surface area contributed by atoms with Gasteiger partial charge in [0.1, 0.15) is 0 Å². The maximum absolute atomic E-state index is 12.1. The molecule has 0 aromatic rings. The Morgan fingerprint density at radius 2 is 1.87 bits per heavy atom. The standard InChI is InChI=1S/C22H30O/c1-14-4-5-17-16-13-22(10-11-22)19-12-15(23)6-8-21(19,3)18(16)7-9-20(14,17)2/h5,12,14,16,18H,4,6-11,13H2,1-3H3. The van der Waals surface area contributed by atoms with Crippen LogP contribution in [-0.2, 0) is 4.79 Å². The first-order valence-corrected chi connectivity index (χ1v) is 9.85. The van der Waals surface area contributed by atoms with Crippen LogP contribution >= 0.6 is 0 Å². The highest BCUT2D eigenvalue weighted by molar-refractivity contribution is 5.92. The van der Waals surface area contributed by atoms with Gasteiger partial charge in [-0.15, -0.1) is 0 Å². The van der Waals surface area contributed by atoms with Gasteiger partial charge in [0.15, 0.2) is 5.78 Å². The minimum atomic E-state index is 0.307. The molecular weight excluding hydrogens is 280 g/mol. The first kappa shape index (κ1) is 14.5. The monoisotopic (exact) mass is 310 g/mol. The molecule has 5 unspecified atom stereocenters. The molecule has 0 amide bonds. The Bertz CT molecular complexity index is 649. The van der Waals surface area contributed by atoms with E-state index in [9.17, 15) is 4.79 Å². The lowest BCUT2D eigenvalue weighted by molar-refractivity contribution is -0.117. The molecule has 23 heavy (non-hydrogen) atoms. The lowest BCUT2D eigenvalue weighted by Crippen LogP contribution is -2.50. The number of allylic oxidation sites excluding steroid dienone is 4. The molecule has 1 nitrogen and oxygen atoms in total. The van der Waals surface area contributed by atoms with Crippen molar-refractivity contribution in [2.75, 3.05) is 0 Å². The van der Waals surface area contributed by atoms with Crippen molar-refractivity contribution in [3.8, 4) is 0 Å². The van der Waals surface area contributed by atoms with Crippen LogP contribution in [0.2, 0.25) is 0 Å². The molecule has 1 spiro atoms. The van der Waals surface area contributed by atoms with Crippen molar-refractivity contribution in [1.29, 1.82) is 0 Å². The van der Waals surface area contributed by atoms with E-state index in [4.69, 9.17) is 0 Å². The van der Waals surface area contributed by atoms with Gasteiger partial charge >= 0.3 is 0 Å². The zero-order valence-corrected chi connectivity index (χ0v) is 15.0. The molecule has 5 rings (SSSR count). The smallest absolute Gasteiger partial charge is 0.155 e. The van der Waals surface area contributed by atoms with Crippen LogP contribution in [0.1, 0.15) is 72.1 Å². The van der Waals surface area contributed by atoms with Gasteiger partial charge in [-0.05, 0) is 85.0 Å². The summed E-state index contributed by atoms with van der Waals surface area (Å²) in [6.07, 6.45) is 14.7. The predicted molar refractivity (Wildman–Crippen MR) is 92.9 cm³/mol. The lowest BCUT2D eigenvalue weighted by Gasteiger charge is -2.58. The molecule has 0 N–H and O–H groups in total. The van der Waals surface area contributed by atoms with Crippen LogP contribution in [-0.4, -0.2) is 5.78 Å². The maximum atomic E-state index is 12.1. The van der Waals surface area contributed by atoms with Crippen LogP contribution in [0, 0.1) is 34.0 Å². The Labute approximate surface area is 140 Å². The molecule has 0 aliphatic heterocycles. The van der Waals surface area contributed by atoms with Crippen molar-refractivity contribution in [2.24, 2.45) is 34.0 Å². The van der Waals surface area contributed by atoms with Gasteiger partial charge in [-0.3, -0.25) is 4.79 Å². The topological polar surface area (TPSA) is 17.1 Å². The minimum absolute atomic E-state index is 0.307. The molecule has 3 fully saturated rings. The van der Waals surface area contributed by atoms with Gasteiger partial charge in [0.25, 0.3) is 0 Å². The zero-order chi connectivity index (χ0) is 16.0. The molecule has 124 valence electrons. The van der Waals surface area contributed by atoms with E-state index < -0.39 is 0 Å². The summed E-state index contributed by atoms with van der Waals surface area (Å²) in [5.74, 6) is 2.82. The van der Waals surface area contributed by atoms with Gasteiger partial charge in [0, 0.05) is 6.42 Å². The number of carbonyl (C=O) groups is 1. The fourth-order valence-electron chi connectivity index (χ4n) is 7.15. The van der Waals surface area contributed by atoms with Crippen LogP contribution in [0.25, 0.3) is 0 Å². The van der Waals surface area contributed by atoms with Gasteiger partial charge in [0.05, 0.1) is 0 Å². The van der Waals surface area contributed by atoms with E-state index in [-0.39, 0.29) is 0 Å². The fraction of sp³-hybridized carbons (Fsp3) is 0.773. The average Bonchev–Trinajstić information content (AvgIpc) is 3.21. The highest BCUT2D eigenvalue weighted by Gasteiger charge is 2.64. The SMILES string of the molecule is CC1CC=C2C3CC4(CC4)C4=CC(=O)CCC4(C)C3CCC21C. The summed E-state index contributed by atoms with van der Waals surface area (Å²) >= 11 is 0. The largest absolute Gasteiger partial charge is 0.295 e. The second kappa shape index (κ2) is 4.21. The van der Waals surface area contributed by atoms with E-state index in [1.54, 1.807) is 5.57 Å². The van der Waals surface area contributed by atoms with Crippen molar-refractivity contribution < 1.29 is 4.79 Å². The minimum Gasteiger partial charge on any atom is -0.295 e. The number of hydrogen-bond donors (Lipinski definition) is 0. The Kier molecular flexibility index (Phi) is 2.65. The number of fused-ring (bicyclic) bond motifs is 6. The second-order valence-corrected chi connectivity index (χ2v) is 9.89. The van der Waals surface area contributed by atoms with Crippen molar-refractivity contribution in [3.05, 3.63) is 23.3 Å². The van der Waals surface area contributed by atoms with E-state index in [1.807, 2.05) is 5.57 Å². The number of carbonyl (C=O) groups excluding carboxylic acids is 1. The number of hydrogen-bond acceptors (Lipinski definition) is 1. The normalized spacial score (nSPS) is 49.9. The van der Waals surface area contributed by atoms with Gasteiger partial charge in [-0.2, -0.15) is 0 Å². The Hall–Kier alpha value is -0.850. The highest BCUT2D eigenvalue weighted by Crippen LogP contribution is 2.73. The highest BCUT2D eigenvalue weighted by atomic mass is 16.1. The van der Waals surface area contributed by atoms with E-state index in [1.165, 1.54) is 38.5 Å². The summed E-state index contributed by atoms with van der Waals surface area (Å²) in [5.41, 5.74) is 4.60. The molecule has 0 radical (unpaired) electrons. The van der Waals surface area contributed by atoms with Crippen molar-refractivity contribution in [1.82, 2.24) is 0 Å². The molecule has 0 heterocycles. The third-order valence-electron chi connectivity index (χ3n) is 8.96. The zero-order valence-electron chi connectivity index (χ0n) is 15.0. The van der Waals surface area contributed by atoms with Crippen molar-refractivity contribution >= 4 is 5.78 Å². The van der Waals surface area contributed by atoms with Crippen LogP contribution in [0.15, 0.2) is 23.3 Å². The first-order valence-electron chi connectivity index (χ1n) is 9.85. The lowest BCUT2D eigenvalue weighted by atomic mass is 9.45. The second-order valence-electron chi connectivity index (χ2n) is 9.89. The predicted octanol–water partition coefficient (Wildman–Crippen LogP) is 5.46. The molecule has 3 saturated carbocycles. The molecular formula is C22H30O. The van der Waals surface area contributed by atoms with Gasteiger partial charge in [-0.1, -0.05) is 38.0 Å². The van der Waals surface area contributed by atoms with Crippen LogP contribution < -0.4 is 0 Å². The summed E-state index contributed by atoms with van der Waals surface area (Å²) in [4.78, 5) is 12.1. The fourth-order valence-corrected chi connectivity index (χ4v) is 7.15. The summed E-state index contributed by atoms with van der Waals surface area (Å²) in [7, 11) is 0. The summed E-state index contributed by atoms with van der Waals surface area (Å²) in [6, 6.07) is 0. The number of rotatable bonds is 0. The van der Waals surface area contributed by atoms with Crippen molar-refractivity contribution in [2.45, 2.75) is 72.1 Å². The quantitative estimate of drug-likeness (QED) is 0.543. The maximum Gasteiger partial charge on any atom is 0.155 e. The van der Waals surface area contributed by atoms with Crippen molar-refractivity contribution in [3.63, 3.8) is 0 Å². The van der Waals surface area contributed by atoms with Crippen LogP contribution in [0.3, 0.4) is 0 Å². The Morgan fingerprint density at radius 1 is 1.09 bits per heavy atom. The van der Waals surface area contributed by atoms with Gasteiger partial charge in [-0.25, -0.2) is 0 Å². The molecule has 0 saturated heterocycles. The Morgan fingerprint density at radius 3 is 2.61 bits per heavy atom. The van der Waals surface area contributed by atoms with E-state index in [2.05, 4.69) is 32.9 Å². The van der Waals surface area contributed by atoms with Crippen LogP contribution in [0.4, 0.5) is 0 Å². The molecule has 5 aliphatic rings. The summed E-state index contributed by atoms with van der Waals surface area (Å²) < 4.78 is 0. The van der Waals surface area contributed by atoms with E-state index >= 15 is 0 Å². The van der Waals surface area contributed by atoms with Gasteiger partial charge in [0.2, 0.25) is 0 Å². The number of ketones is 1. The average molecular weight is 310 g/mol. The molecule has 0 aromatic heterocycles. The van der Waals surface area contributed by atoms with E-state index in [0.717, 1.165) is 30.6 Å². The molecule has 0 aromatic carbocycles. The first-order chi connectivity index (χ1) is 10.9. The molecule has 0 bridgehead atoms. The summed E-state index contributed by atoms with van der Waals surface area (Å²) in [6.45, 7) is 7.53. The third kappa shape index (κ3) is 1.67. The van der Waals surface area contributed by atoms with Gasteiger partial charge < -0.3 is 0 Å². The Balaban J connectivity index is 1.62. The van der Waals surface area contributed by atoms with E-state index in [0.29, 0.717) is 22.0 Å². The molecule has 5 atom stereocenters. The van der Waals surface area contributed by atoms with Crippen LogP contribution in [0.5, 0.6) is 0 Å². The third-order valence-corrected chi connectivity index (χ3v) is 8.96.